The van der Waals surface area contributed by atoms with Crippen molar-refractivity contribution >= 4 is 35.0 Å². The fourth-order valence-corrected chi connectivity index (χ4v) is 3.05. The molecule has 1 amide bonds. The highest BCUT2D eigenvalue weighted by molar-refractivity contribution is 7.99. The Balaban J connectivity index is 1.56. The van der Waals surface area contributed by atoms with Gasteiger partial charge in [0.05, 0.1) is 0 Å². The predicted octanol–water partition coefficient (Wildman–Crippen LogP) is 4.15. The Hall–Kier alpha value is -1.65. The van der Waals surface area contributed by atoms with Crippen molar-refractivity contribution in [2.24, 2.45) is 0 Å². The molecule has 0 radical (unpaired) electrons. The van der Waals surface area contributed by atoms with E-state index < -0.39 is 0 Å². The van der Waals surface area contributed by atoms with Gasteiger partial charge in [-0.25, -0.2) is 0 Å². The number of anilines is 1. The summed E-state index contributed by atoms with van der Waals surface area (Å²) in [5.41, 5.74) is 7.58. The van der Waals surface area contributed by atoms with E-state index >= 15 is 0 Å². The number of nitrogens with two attached hydrogens (primary N) is 1. The molecule has 2 aromatic carbocycles. The second kappa shape index (κ2) is 9.48. The topological polar surface area (TPSA) is 55.1 Å². The maximum absolute atomic E-state index is 11.8. The third-order valence-corrected chi connectivity index (χ3v) is 4.70. The van der Waals surface area contributed by atoms with Gasteiger partial charge in [-0.2, -0.15) is 0 Å². The molecule has 0 spiro atoms. The van der Waals surface area contributed by atoms with Crippen molar-refractivity contribution in [1.82, 2.24) is 5.32 Å². The lowest BCUT2D eigenvalue weighted by Crippen LogP contribution is -2.25. The summed E-state index contributed by atoms with van der Waals surface area (Å²) >= 11 is 7.59. The second-order valence-electron chi connectivity index (χ2n) is 5.25. The van der Waals surface area contributed by atoms with Crippen molar-refractivity contribution < 1.29 is 4.79 Å². The van der Waals surface area contributed by atoms with Crippen molar-refractivity contribution in [2.45, 2.75) is 24.2 Å². The van der Waals surface area contributed by atoms with Crippen LogP contribution in [0.4, 0.5) is 5.69 Å². The molecule has 0 heterocycles. The number of rotatable bonds is 8. The van der Waals surface area contributed by atoms with Crippen LogP contribution < -0.4 is 11.1 Å². The minimum Gasteiger partial charge on any atom is -0.399 e. The number of carbonyl (C=O) groups excluding carboxylic acids is 1. The average Bonchev–Trinajstić information content (AvgIpc) is 2.55. The lowest BCUT2D eigenvalue weighted by Gasteiger charge is -2.06. The first-order chi connectivity index (χ1) is 11.1. The fourth-order valence-electron chi connectivity index (χ4n) is 2.07. The first-order valence-corrected chi connectivity index (χ1v) is 8.99. The quantitative estimate of drug-likeness (QED) is 0.428. The maximum atomic E-state index is 11.8. The highest BCUT2D eigenvalue weighted by Gasteiger charge is 2.02. The van der Waals surface area contributed by atoms with Crippen LogP contribution in [0.25, 0.3) is 0 Å². The Kier molecular flexibility index (Phi) is 7.30. The molecule has 0 saturated heterocycles. The van der Waals surface area contributed by atoms with Crippen molar-refractivity contribution in [3.63, 3.8) is 0 Å². The van der Waals surface area contributed by atoms with Crippen LogP contribution in [-0.2, 0) is 11.2 Å². The normalized spacial score (nSPS) is 10.5. The van der Waals surface area contributed by atoms with Crippen LogP contribution >= 0.6 is 23.4 Å². The molecule has 0 atom stereocenters. The molecule has 0 aliphatic rings. The zero-order valence-corrected chi connectivity index (χ0v) is 14.5. The maximum Gasteiger partial charge on any atom is 0.220 e. The van der Waals surface area contributed by atoms with E-state index in [4.69, 9.17) is 17.3 Å². The Bertz CT molecular complexity index is 614. The van der Waals surface area contributed by atoms with Gasteiger partial charge in [0.25, 0.3) is 0 Å². The number of hydrogen-bond donors (Lipinski definition) is 2. The molecule has 2 rings (SSSR count). The van der Waals surface area contributed by atoms with Crippen LogP contribution in [0.1, 0.15) is 18.4 Å². The summed E-state index contributed by atoms with van der Waals surface area (Å²) < 4.78 is 0. The Morgan fingerprint density at radius 1 is 1.09 bits per heavy atom. The number of nitrogens with one attached hydrogen (secondary N) is 1. The molecule has 2 aromatic rings. The molecule has 0 bridgehead atoms. The van der Waals surface area contributed by atoms with Gasteiger partial charge >= 0.3 is 0 Å². The summed E-state index contributed by atoms with van der Waals surface area (Å²) in [7, 11) is 0. The van der Waals surface area contributed by atoms with Gasteiger partial charge < -0.3 is 11.1 Å². The molecule has 0 saturated carbocycles. The number of amides is 1. The van der Waals surface area contributed by atoms with Gasteiger partial charge in [0.1, 0.15) is 0 Å². The zero-order valence-electron chi connectivity index (χ0n) is 12.9. The zero-order chi connectivity index (χ0) is 16.5. The van der Waals surface area contributed by atoms with E-state index in [0.717, 1.165) is 29.3 Å². The molecule has 5 heteroatoms. The van der Waals surface area contributed by atoms with Gasteiger partial charge in [0.2, 0.25) is 5.91 Å². The monoisotopic (exact) mass is 348 g/mol. The highest BCUT2D eigenvalue weighted by atomic mass is 35.5. The van der Waals surface area contributed by atoms with Crippen molar-refractivity contribution in [2.75, 3.05) is 18.0 Å². The van der Waals surface area contributed by atoms with Crippen LogP contribution in [0.15, 0.2) is 53.4 Å². The predicted molar refractivity (Wildman–Crippen MR) is 99.0 cm³/mol. The molecular formula is C18H21ClN2OS. The summed E-state index contributed by atoms with van der Waals surface area (Å²) in [6.45, 7) is 0.660. The smallest absolute Gasteiger partial charge is 0.220 e. The average molecular weight is 349 g/mol. The van der Waals surface area contributed by atoms with Gasteiger partial charge in [-0.15, -0.1) is 11.8 Å². The Morgan fingerprint density at radius 2 is 1.78 bits per heavy atom. The fraction of sp³-hybridized carbons (Fsp3) is 0.278. The SMILES string of the molecule is Nc1ccc(CCNC(=O)CCCSc2ccc(Cl)cc2)cc1. The van der Waals surface area contributed by atoms with Gasteiger partial charge in [-0.05, 0) is 60.6 Å². The molecule has 3 nitrogen and oxygen atoms in total. The van der Waals surface area contributed by atoms with Gasteiger partial charge in [-0.1, -0.05) is 23.7 Å². The summed E-state index contributed by atoms with van der Waals surface area (Å²) in [5, 5.41) is 3.70. The summed E-state index contributed by atoms with van der Waals surface area (Å²) in [5.74, 6) is 1.03. The Morgan fingerprint density at radius 3 is 2.48 bits per heavy atom. The minimum absolute atomic E-state index is 0.108. The summed E-state index contributed by atoms with van der Waals surface area (Å²) in [4.78, 5) is 13.0. The third kappa shape index (κ3) is 6.97. The molecule has 0 aliphatic carbocycles. The number of halogens is 1. The van der Waals surface area contributed by atoms with Gasteiger partial charge in [0.15, 0.2) is 0 Å². The number of carbonyl (C=O) groups is 1. The largest absolute Gasteiger partial charge is 0.399 e. The van der Waals surface area contributed by atoms with Crippen molar-refractivity contribution in [3.05, 3.63) is 59.1 Å². The third-order valence-electron chi connectivity index (χ3n) is 3.35. The van der Waals surface area contributed by atoms with Crippen LogP contribution in [0, 0.1) is 0 Å². The molecule has 0 fully saturated rings. The van der Waals surface area contributed by atoms with Crippen LogP contribution in [0.5, 0.6) is 0 Å². The van der Waals surface area contributed by atoms with E-state index in [-0.39, 0.29) is 5.91 Å². The van der Waals surface area contributed by atoms with Crippen LogP contribution in [-0.4, -0.2) is 18.2 Å². The first kappa shape index (κ1) is 17.7. The van der Waals surface area contributed by atoms with Crippen molar-refractivity contribution in [3.8, 4) is 0 Å². The molecule has 23 heavy (non-hydrogen) atoms. The molecule has 122 valence electrons. The number of nitrogen functional groups attached to an aromatic ring is 1. The molecule has 0 aliphatic heterocycles. The van der Waals surface area contributed by atoms with E-state index in [0.29, 0.717) is 13.0 Å². The van der Waals surface area contributed by atoms with Gasteiger partial charge in [-0.3, -0.25) is 4.79 Å². The van der Waals surface area contributed by atoms with E-state index in [2.05, 4.69) is 5.32 Å². The van der Waals surface area contributed by atoms with E-state index in [1.807, 2.05) is 48.5 Å². The minimum atomic E-state index is 0.108. The number of benzene rings is 2. The standard InChI is InChI=1S/C18H21ClN2OS/c19-15-5-9-17(10-6-15)23-13-1-2-18(22)21-12-11-14-3-7-16(20)8-4-14/h3-10H,1-2,11-13,20H2,(H,21,22). The highest BCUT2D eigenvalue weighted by Crippen LogP contribution is 2.21. The second-order valence-corrected chi connectivity index (χ2v) is 6.85. The van der Waals surface area contributed by atoms with Gasteiger partial charge in [0, 0.05) is 28.6 Å². The summed E-state index contributed by atoms with van der Waals surface area (Å²) in [6, 6.07) is 15.5. The summed E-state index contributed by atoms with van der Waals surface area (Å²) in [6.07, 6.45) is 2.24. The van der Waals surface area contributed by atoms with E-state index in [9.17, 15) is 4.79 Å². The van der Waals surface area contributed by atoms with E-state index in [1.54, 1.807) is 11.8 Å². The molecule has 3 N–H and O–H groups in total. The van der Waals surface area contributed by atoms with Crippen LogP contribution in [0.2, 0.25) is 5.02 Å². The van der Waals surface area contributed by atoms with Crippen LogP contribution in [0.3, 0.4) is 0 Å². The number of hydrogen-bond acceptors (Lipinski definition) is 3. The molecular weight excluding hydrogens is 328 g/mol. The van der Waals surface area contributed by atoms with E-state index in [1.165, 1.54) is 10.5 Å². The first-order valence-electron chi connectivity index (χ1n) is 7.63. The number of thioether (sulfide) groups is 1. The lowest BCUT2D eigenvalue weighted by atomic mass is 10.1. The van der Waals surface area contributed by atoms with Crippen molar-refractivity contribution in [1.29, 1.82) is 0 Å². The molecule has 0 unspecified atom stereocenters. The molecule has 0 aromatic heterocycles. The Labute approximate surface area is 146 Å². The lowest BCUT2D eigenvalue weighted by molar-refractivity contribution is -0.121.